The molecule has 0 saturated heterocycles. The Morgan fingerprint density at radius 3 is 1.04 bits per heavy atom. The highest BCUT2D eigenvalue weighted by Crippen LogP contribution is 2.34. The molecule has 0 bridgehead atoms. The Morgan fingerprint density at radius 2 is 1.04 bits per heavy atom. The van der Waals surface area contributed by atoms with Crippen molar-refractivity contribution in [2.45, 2.75) is 76.2 Å². The van der Waals surface area contributed by atoms with Gasteiger partial charge in [0.25, 0.3) is 0 Å². The van der Waals surface area contributed by atoms with E-state index in [2.05, 4.69) is 86.0 Å². The fourth-order valence-corrected chi connectivity index (χ4v) is 1.59. The lowest BCUT2D eigenvalue weighted by molar-refractivity contribution is 0.165. The maximum absolute atomic E-state index is 8.95. The van der Waals surface area contributed by atoms with Crippen LogP contribution in [0, 0.1) is 45.8 Å². The third kappa shape index (κ3) is 13.0. The lowest BCUT2D eigenvalue weighted by Gasteiger charge is -2.33. The van der Waals surface area contributed by atoms with Gasteiger partial charge in [-0.2, -0.15) is 13.7 Å². The second-order valence-electron chi connectivity index (χ2n) is 8.25. The summed E-state index contributed by atoms with van der Waals surface area (Å²) in [5.41, 5.74) is 0.347. The molecule has 0 aliphatic heterocycles. The Kier molecular flexibility index (Phi) is 13.5. The molecule has 0 atom stereocenters. The first-order valence-electron chi connectivity index (χ1n) is 8.42. The van der Waals surface area contributed by atoms with Crippen LogP contribution in [-0.4, -0.2) is 13.0 Å². The van der Waals surface area contributed by atoms with Crippen LogP contribution in [0.25, 0.3) is 0 Å². The van der Waals surface area contributed by atoms with E-state index in [4.69, 9.17) is 18.2 Å². The smallest absolute Gasteiger partial charge is 0.273 e. The van der Waals surface area contributed by atoms with Crippen LogP contribution < -0.4 is 0 Å². The predicted octanol–water partition coefficient (Wildman–Crippen LogP) is 6.18. The predicted molar refractivity (Wildman–Crippen MR) is 104 cm³/mol. The second-order valence-corrected chi connectivity index (χ2v) is 10.2. The SMILES string of the molecule is CC(C)C(C)(C#N)C(C)C.CC(C)C(C)(C)C(C)C.O=S(=O)(O)Cl. The minimum atomic E-state index is -4.19. The molecule has 24 heavy (non-hydrogen) atoms. The van der Waals surface area contributed by atoms with Crippen LogP contribution in [0.4, 0.5) is 0 Å². The van der Waals surface area contributed by atoms with Gasteiger partial charge >= 0.3 is 9.33 Å². The normalized spacial score (nSPS) is 12.5. The van der Waals surface area contributed by atoms with Crippen molar-refractivity contribution >= 4 is 20.0 Å². The Labute approximate surface area is 155 Å². The van der Waals surface area contributed by atoms with Gasteiger partial charge in [0, 0.05) is 10.7 Å². The molecule has 0 unspecified atom stereocenters. The van der Waals surface area contributed by atoms with Crippen molar-refractivity contribution < 1.29 is 13.0 Å². The van der Waals surface area contributed by atoms with Gasteiger partial charge in [0.05, 0.1) is 11.5 Å². The molecule has 146 valence electrons. The van der Waals surface area contributed by atoms with E-state index in [9.17, 15) is 0 Å². The molecule has 0 aliphatic rings. The van der Waals surface area contributed by atoms with E-state index in [0.717, 1.165) is 11.8 Å². The molecule has 0 heterocycles. The second kappa shape index (κ2) is 11.3. The van der Waals surface area contributed by atoms with Gasteiger partial charge in [-0.25, -0.2) is 0 Å². The Hall–Kier alpha value is -0.310. The number of halogens is 1. The largest absolute Gasteiger partial charge is 0.353 e. The van der Waals surface area contributed by atoms with Crippen molar-refractivity contribution in [2.75, 3.05) is 0 Å². The van der Waals surface area contributed by atoms with E-state index in [0.29, 0.717) is 17.3 Å². The molecule has 0 aromatic rings. The van der Waals surface area contributed by atoms with Crippen molar-refractivity contribution in [1.29, 1.82) is 5.26 Å². The molecule has 0 aliphatic carbocycles. The third-order valence-corrected chi connectivity index (χ3v) is 5.62. The topological polar surface area (TPSA) is 78.2 Å². The van der Waals surface area contributed by atoms with E-state index in [1.807, 2.05) is 6.92 Å². The van der Waals surface area contributed by atoms with Gasteiger partial charge in [-0.1, -0.05) is 69.2 Å². The van der Waals surface area contributed by atoms with E-state index in [-0.39, 0.29) is 5.41 Å². The van der Waals surface area contributed by atoms with Crippen LogP contribution in [0.15, 0.2) is 0 Å². The monoisotopic (exact) mass is 383 g/mol. The molecule has 0 fully saturated rings. The van der Waals surface area contributed by atoms with E-state index >= 15 is 0 Å². The lowest BCUT2D eigenvalue weighted by atomic mass is 9.72. The summed E-state index contributed by atoms with van der Waals surface area (Å²) in [4.78, 5) is 0. The van der Waals surface area contributed by atoms with Crippen LogP contribution in [0.5, 0.6) is 0 Å². The number of nitriles is 1. The molecule has 6 heteroatoms. The number of rotatable bonds is 4. The highest BCUT2D eigenvalue weighted by atomic mass is 35.7. The highest BCUT2D eigenvalue weighted by molar-refractivity contribution is 8.09. The van der Waals surface area contributed by atoms with Gasteiger partial charge in [-0.3, -0.25) is 4.55 Å². The molecule has 1 N–H and O–H groups in total. The minimum absolute atomic E-state index is 0.153. The standard InChI is InChI=1S/C9H17N.C9H20.ClHO3S/c1-7(2)9(5,6-10)8(3)4;1-7(2)9(5,6)8(3)4;1-5(2,3)4/h7-8H,1-5H3;7-8H,1-6H3;(H,2,3,4). The molecular formula is C18H38ClNO3S. The molecule has 0 spiro atoms. The van der Waals surface area contributed by atoms with Gasteiger partial charge in [0.15, 0.2) is 0 Å². The Balaban J connectivity index is -0.000000291. The average Bonchev–Trinajstić information content (AvgIpc) is 2.35. The fourth-order valence-electron chi connectivity index (χ4n) is 1.59. The van der Waals surface area contributed by atoms with Crippen molar-refractivity contribution in [1.82, 2.24) is 0 Å². The van der Waals surface area contributed by atoms with Gasteiger partial charge in [0.1, 0.15) is 0 Å². The van der Waals surface area contributed by atoms with Crippen molar-refractivity contribution in [2.24, 2.45) is 34.5 Å². The number of hydrogen-bond acceptors (Lipinski definition) is 3. The molecule has 0 radical (unpaired) electrons. The van der Waals surface area contributed by atoms with Gasteiger partial charge in [0.2, 0.25) is 0 Å². The van der Waals surface area contributed by atoms with Crippen molar-refractivity contribution in [3.05, 3.63) is 0 Å². The van der Waals surface area contributed by atoms with Gasteiger partial charge < -0.3 is 0 Å². The Bertz CT molecular complexity index is 449. The minimum Gasteiger partial charge on any atom is -0.273 e. The summed E-state index contributed by atoms with van der Waals surface area (Å²) < 4.78 is 25.2. The maximum Gasteiger partial charge on any atom is 0.353 e. The molecular weight excluding hydrogens is 346 g/mol. The van der Waals surface area contributed by atoms with Crippen LogP contribution in [0.3, 0.4) is 0 Å². The summed E-state index contributed by atoms with van der Waals surface area (Å²) in [6.07, 6.45) is 0. The Morgan fingerprint density at radius 1 is 0.833 bits per heavy atom. The van der Waals surface area contributed by atoms with E-state index < -0.39 is 9.33 Å². The van der Waals surface area contributed by atoms with Crippen LogP contribution in [-0.2, 0) is 9.33 Å². The van der Waals surface area contributed by atoms with Crippen molar-refractivity contribution in [3.8, 4) is 6.07 Å². The summed E-state index contributed by atoms with van der Waals surface area (Å²) in [6.45, 7) is 24.3. The zero-order valence-electron chi connectivity index (χ0n) is 17.3. The summed E-state index contributed by atoms with van der Waals surface area (Å²) in [7, 11) is -0.137. The zero-order chi connectivity index (χ0) is 20.5. The van der Waals surface area contributed by atoms with Crippen LogP contribution in [0.1, 0.15) is 76.2 Å². The third-order valence-electron chi connectivity index (χ3n) is 5.62. The summed E-state index contributed by atoms with van der Waals surface area (Å²) in [5.74, 6) is 2.46. The highest BCUT2D eigenvalue weighted by Gasteiger charge is 2.31. The molecule has 0 amide bonds. The van der Waals surface area contributed by atoms with Crippen LogP contribution in [0.2, 0.25) is 0 Å². The summed E-state index contributed by atoms with van der Waals surface area (Å²) in [6, 6.07) is 2.38. The summed E-state index contributed by atoms with van der Waals surface area (Å²) >= 11 is 0. The fraction of sp³-hybridized carbons (Fsp3) is 0.944. The molecule has 4 nitrogen and oxygen atoms in total. The first-order valence-corrected chi connectivity index (χ1v) is 10.7. The molecule has 0 aromatic carbocycles. The first kappa shape index (κ1) is 28.5. The quantitative estimate of drug-likeness (QED) is 0.464. The summed E-state index contributed by atoms with van der Waals surface area (Å²) in [5, 5.41) is 8.88. The van der Waals surface area contributed by atoms with Gasteiger partial charge in [-0.15, -0.1) is 0 Å². The number of nitrogens with zero attached hydrogens (tertiary/aromatic N) is 1. The van der Waals surface area contributed by atoms with Gasteiger partial charge in [-0.05, 0) is 36.0 Å². The van der Waals surface area contributed by atoms with Crippen molar-refractivity contribution in [3.63, 3.8) is 0 Å². The van der Waals surface area contributed by atoms with E-state index in [1.165, 1.54) is 0 Å². The lowest BCUT2D eigenvalue weighted by Crippen LogP contribution is -2.27. The number of hydrogen-bond donors (Lipinski definition) is 1. The van der Waals surface area contributed by atoms with E-state index in [1.54, 1.807) is 0 Å². The maximum atomic E-state index is 8.95. The van der Waals surface area contributed by atoms with Crippen LogP contribution >= 0.6 is 10.7 Å². The first-order chi connectivity index (χ1) is 10.3. The average molecular weight is 384 g/mol. The molecule has 0 saturated carbocycles. The molecule has 0 rings (SSSR count). The zero-order valence-corrected chi connectivity index (χ0v) is 18.9. The molecule has 0 aromatic heterocycles.